The Morgan fingerprint density at radius 3 is 2.79 bits per heavy atom. The molecule has 1 unspecified atom stereocenters. The standard InChI is InChI=1S/C23H23N3O3/c1-23(2,3)29-22(27)26-11-5-8-19(26)21-25-18-13-17(9-10-20(18)28-21)16-7-4-6-15(12-16)14-24/h4,6-7,9-10,12-13,19H,5,8,11H2,1-3H3. The van der Waals surface area contributed by atoms with E-state index in [9.17, 15) is 4.79 Å². The summed E-state index contributed by atoms with van der Waals surface area (Å²) < 4.78 is 11.5. The fourth-order valence-corrected chi connectivity index (χ4v) is 3.60. The van der Waals surface area contributed by atoms with Crippen molar-refractivity contribution in [2.24, 2.45) is 0 Å². The largest absolute Gasteiger partial charge is 0.444 e. The van der Waals surface area contributed by atoms with E-state index in [2.05, 4.69) is 11.1 Å². The van der Waals surface area contributed by atoms with Gasteiger partial charge in [0.15, 0.2) is 5.58 Å². The molecule has 1 atom stereocenters. The van der Waals surface area contributed by atoms with Gasteiger partial charge in [-0.2, -0.15) is 5.26 Å². The molecule has 1 aliphatic heterocycles. The Balaban J connectivity index is 1.63. The molecule has 0 radical (unpaired) electrons. The number of amides is 1. The number of nitriles is 1. The van der Waals surface area contributed by atoms with E-state index in [4.69, 9.17) is 14.4 Å². The highest BCUT2D eigenvalue weighted by atomic mass is 16.6. The maximum atomic E-state index is 12.6. The molecular weight excluding hydrogens is 366 g/mol. The summed E-state index contributed by atoms with van der Waals surface area (Å²) in [5.74, 6) is 0.534. The topological polar surface area (TPSA) is 79.4 Å². The molecular formula is C23H23N3O3. The van der Waals surface area contributed by atoms with Gasteiger partial charge in [-0.05, 0) is 69.0 Å². The average molecular weight is 389 g/mol. The van der Waals surface area contributed by atoms with Crippen LogP contribution in [-0.2, 0) is 4.74 Å². The van der Waals surface area contributed by atoms with Crippen LogP contribution < -0.4 is 0 Å². The van der Waals surface area contributed by atoms with Crippen molar-refractivity contribution in [3.8, 4) is 17.2 Å². The Kier molecular flexibility index (Phi) is 4.75. The first-order valence-electron chi connectivity index (χ1n) is 9.75. The lowest BCUT2D eigenvalue weighted by molar-refractivity contribution is 0.0205. The molecule has 148 valence electrons. The minimum absolute atomic E-state index is 0.220. The first-order valence-corrected chi connectivity index (χ1v) is 9.75. The van der Waals surface area contributed by atoms with E-state index in [-0.39, 0.29) is 12.1 Å². The molecule has 0 N–H and O–H groups in total. The quantitative estimate of drug-likeness (QED) is 0.583. The number of ether oxygens (including phenoxy) is 1. The van der Waals surface area contributed by atoms with Gasteiger partial charge < -0.3 is 9.15 Å². The van der Waals surface area contributed by atoms with Crippen LogP contribution in [0.2, 0.25) is 0 Å². The van der Waals surface area contributed by atoms with E-state index < -0.39 is 5.60 Å². The Morgan fingerprint density at radius 1 is 1.24 bits per heavy atom. The molecule has 3 aromatic rings. The lowest BCUT2D eigenvalue weighted by atomic mass is 10.0. The molecule has 6 nitrogen and oxygen atoms in total. The van der Waals surface area contributed by atoms with E-state index in [1.165, 1.54) is 0 Å². The van der Waals surface area contributed by atoms with Crippen LogP contribution in [0.15, 0.2) is 46.9 Å². The molecule has 1 aliphatic rings. The lowest BCUT2D eigenvalue weighted by Gasteiger charge is -2.27. The first-order chi connectivity index (χ1) is 13.8. The number of carbonyl (C=O) groups is 1. The summed E-state index contributed by atoms with van der Waals surface area (Å²) in [6.07, 6.45) is 1.34. The van der Waals surface area contributed by atoms with Crippen LogP contribution in [0.25, 0.3) is 22.2 Å². The Morgan fingerprint density at radius 2 is 2.03 bits per heavy atom. The molecule has 4 rings (SSSR count). The van der Waals surface area contributed by atoms with Crippen molar-refractivity contribution in [2.75, 3.05) is 6.54 Å². The van der Waals surface area contributed by atoms with E-state index >= 15 is 0 Å². The van der Waals surface area contributed by atoms with Gasteiger partial charge in [0.1, 0.15) is 17.2 Å². The van der Waals surface area contributed by atoms with Gasteiger partial charge in [0.2, 0.25) is 5.89 Å². The number of benzene rings is 2. The molecule has 1 saturated heterocycles. The number of rotatable bonds is 2. The second kappa shape index (κ2) is 7.25. The Hall–Kier alpha value is -3.33. The van der Waals surface area contributed by atoms with Crippen molar-refractivity contribution in [1.82, 2.24) is 9.88 Å². The van der Waals surface area contributed by atoms with Crippen molar-refractivity contribution >= 4 is 17.2 Å². The predicted molar refractivity (Wildman–Crippen MR) is 109 cm³/mol. The summed E-state index contributed by atoms with van der Waals surface area (Å²) >= 11 is 0. The molecule has 0 bridgehead atoms. The Bertz CT molecular complexity index is 1100. The van der Waals surface area contributed by atoms with Gasteiger partial charge >= 0.3 is 6.09 Å². The predicted octanol–water partition coefficient (Wildman–Crippen LogP) is 5.44. The molecule has 1 aromatic heterocycles. The molecule has 6 heteroatoms. The third-order valence-corrected chi connectivity index (χ3v) is 4.89. The van der Waals surface area contributed by atoms with Gasteiger partial charge in [-0.15, -0.1) is 0 Å². The molecule has 0 saturated carbocycles. The summed E-state index contributed by atoms with van der Waals surface area (Å²) in [6.45, 7) is 6.21. The SMILES string of the molecule is CC(C)(C)OC(=O)N1CCCC1c1nc2cc(-c3cccc(C#N)c3)ccc2o1. The van der Waals surface area contributed by atoms with Crippen LogP contribution in [0.5, 0.6) is 0 Å². The monoisotopic (exact) mass is 389 g/mol. The maximum Gasteiger partial charge on any atom is 0.410 e. The molecule has 1 amide bonds. The second-order valence-corrected chi connectivity index (χ2v) is 8.26. The number of oxazole rings is 1. The van der Waals surface area contributed by atoms with Crippen LogP contribution >= 0.6 is 0 Å². The van der Waals surface area contributed by atoms with Crippen molar-refractivity contribution in [3.05, 3.63) is 53.9 Å². The van der Waals surface area contributed by atoms with Gasteiger partial charge in [0.05, 0.1) is 11.6 Å². The fraction of sp³-hybridized carbons (Fsp3) is 0.348. The minimum Gasteiger partial charge on any atom is -0.444 e. The molecule has 0 aliphatic carbocycles. The molecule has 2 aromatic carbocycles. The highest BCUT2D eigenvalue weighted by Crippen LogP contribution is 2.35. The maximum absolute atomic E-state index is 12.6. The summed E-state index contributed by atoms with van der Waals surface area (Å²) in [7, 11) is 0. The highest BCUT2D eigenvalue weighted by Gasteiger charge is 2.36. The zero-order chi connectivity index (χ0) is 20.6. The minimum atomic E-state index is -0.543. The highest BCUT2D eigenvalue weighted by molar-refractivity contribution is 5.81. The van der Waals surface area contributed by atoms with Gasteiger partial charge in [-0.25, -0.2) is 9.78 Å². The first kappa shape index (κ1) is 19.0. The number of nitrogens with zero attached hydrogens (tertiary/aromatic N) is 3. The molecule has 0 spiro atoms. The number of hydrogen-bond acceptors (Lipinski definition) is 5. The van der Waals surface area contributed by atoms with Crippen LogP contribution in [0.4, 0.5) is 4.79 Å². The van der Waals surface area contributed by atoms with E-state index in [0.717, 1.165) is 29.5 Å². The van der Waals surface area contributed by atoms with E-state index in [1.807, 2.05) is 57.2 Å². The summed E-state index contributed by atoms with van der Waals surface area (Å²) in [5, 5.41) is 9.13. The summed E-state index contributed by atoms with van der Waals surface area (Å²) in [6, 6.07) is 15.2. The smallest absolute Gasteiger partial charge is 0.410 e. The number of likely N-dealkylation sites (tertiary alicyclic amines) is 1. The van der Waals surface area contributed by atoms with E-state index in [1.54, 1.807) is 11.0 Å². The number of carbonyl (C=O) groups excluding carboxylic acids is 1. The van der Waals surface area contributed by atoms with Crippen LogP contribution in [-0.4, -0.2) is 28.1 Å². The van der Waals surface area contributed by atoms with Gasteiger partial charge in [0, 0.05) is 6.54 Å². The molecule has 2 heterocycles. The third kappa shape index (κ3) is 3.95. The third-order valence-electron chi connectivity index (χ3n) is 4.89. The van der Waals surface area contributed by atoms with Crippen molar-refractivity contribution in [1.29, 1.82) is 5.26 Å². The molecule has 1 fully saturated rings. The van der Waals surface area contributed by atoms with Crippen molar-refractivity contribution in [2.45, 2.75) is 45.3 Å². The lowest BCUT2D eigenvalue weighted by Crippen LogP contribution is -2.36. The molecule has 29 heavy (non-hydrogen) atoms. The van der Waals surface area contributed by atoms with Gasteiger partial charge in [-0.1, -0.05) is 18.2 Å². The number of hydrogen-bond donors (Lipinski definition) is 0. The van der Waals surface area contributed by atoms with Crippen LogP contribution in [0.3, 0.4) is 0 Å². The van der Waals surface area contributed by atoms with Crippen molar-refractivity contribution < 1.29 is 13.9 Å². The van der Waals surface area contributed by atoms with Gasteiger partial charge in [0.25, 0.3) is 0 Å². The normalized spacial score (nSPS) is 16.8. The Labute approximate surface area is 169 Å². The fourth-order valence-electron chi connectivity index (χ4n) is 3.60. The second-order valence-electron chi connectivity index (χ2n) is 8.26. The van der Waals surface area contributed by atoms with E-state index in [0.29, 0.717) is 23.6 Å². The van der Waals surface area contributed by atoms with Crippen LogP contribution in [0.1, 0.15) is 51.1 Å². The number of fused-ring (bicyclic) bond motifs is 1. The van der Waals surface area contributed by atoms with Crippen LogP contribution in [0, 0.1) is 11.3 Å². The zero-order valence-electron chi connectivity index (χ0n) is 16.8. The average Bonchev–Trinajstić information content (AvgIpc) is 3.32. The zero-order valence-corrected chi connectivity index (χ0v) is 16.8. The summed E-state index contributed by atoms with van der Waals surface area (Å²) in [4.78, 5) is 18.9. The summed E-state index contributed by atoms with van der Waals surface area (Å²) in [5.41, 5.74) is 3.39. The van der Waals surface area contributed by atoms with Crippen molar-refractivity contribution in [3.63, 3.8) is 0 Å². The number of aromatic nitrogens is 1. The van der Waals surface area contributed by atoms with Gasteiger partial charge in [-0.3, -0.25) is 4.90 Å².